The number of carboxylic acid groups (broad SMARTS) is 1. The Bertz CT molecular complexity index is 713. The summed E-state index contributed by atoms with van der Waals surface area (Å²) in [5.41, 5.74) is 1.24. The summed E-state index contributed by atoms with van der Waals surface area (Å²) in [6, 6.07) is 8.65. The van der Waals surface area contributed by atoms with E-state index in [1.807, 2.05) is 30.5 Å². The van der Waals surface area contributed by atoms with E-state index < -0.39 is 12.0 Å². The van der Waals surface area contributed by atoms with E-state index in [4.69, 9.17) is 5.11 Å². The van der Waals surface area contributed by atoms with Crippen LogP contribution in [0.25, 0.3) is 0 Å². The van der Waals surface area contributed by atoms with Crippen molar-refractivity contribution in [3.8, 4) is 0 Å². The van der Waals surface area contributed by atoms with Crippen molar-refractivity contribution in [2.24, 2.45) is 7.05 Å². The molecule has 2 rings (SSSR count). The maximum Gasteiger partial charge on any atom is 0.305 e. The van der Waals surface area contributed by atoms with Gasteiger partial charge in [-0.3, -0.25) is 9.59 Å². The molecule has 0 saturated carbocycles. The Morgan fingerprint density at radius 3 is 2.48 bits per heavy atom. The maximum atomic E-state index is 12.4. The summed E-state index contributed by atoms with van der Waals surface area (Å²) in [5.74, 6) is -1.27. The zero-order valence-corrected chi connectivity index (χ0v) is 15.1. The standard InChI is InChI=1S/C16H17BrN2O3S/c1-19-9-11(17)7-14(19)16(22)18-13(8-15(20)21)10-3-5-12(23-2)6-4-10/h3-7,9,13H,8H2,1-2H3,(H,18,22)(H,20,21). The van der Waals surface area contributed by atoms with E-state index in [-0.39, 0.29) is 12.3 Å². The van der Waals surface area contributed by atoms with Gasteiger partial charge in [0, 0.05) is 22.6 Å². The Kier molecular flexibility index (Phi) is 5.90. The van der Waals surface area contributed by atoms with E-state index in [0.717, 1.165) is 14.9 Å². The fraction of sp³-hybridized carbons (Fsp3) is 0.250. The molecule has 0 aliphatic rings. The Hall–Kier alpha value is -1.73. The number of rotatable bonds is 6. The molecule has 0 fully saturated rings. The van der Waals surface area contributed by atoms with E-state index in [1.54, 1.807) is 35.6 Å². The molecule has 0 aliphatic heterocycles. The number of carboxylic acids is 1. The van der Waals surface area contributed by atoms with Crippen LogP contribution in [0.4, 0.5) is 0 Å². The molecule has 2 N–H and O–H groups in total. The number of nitrogens with zero attached hydrogens (tertiary/aromatic N) is 1. The van der Waals surface area contributed by atoms with Crippen LogP contribution in [0.15, 0.2) is 45.9 Å². The average Bonchev–Trinajstić information content (AvgIpc) is 2.85. The number of aromatic nitrogens is 1. The molecular weight excluding hydrogens is 380 g/mol. The lowest BCUT2D eigenvalue weighted by Crippen LogP contribution is -2.31. The van der Waals surface area contributed by atoms with Gasteiger partial charge in [0.25, 0.3) is 5.91 Å². The maximum absolute atomic E-state index is 12.4. The van der Waals surface area contributed by atoms with Crippen molar-refractivity contribution >= 4 is 39.6 Å². The summed E-state index contributed by atoms with van der Waals surface area (Å²) in [7, 11) is 1.76. The monoisotopic (exact) mass is 396 g/mol. The van der Waals surface area contributed by atoms with Crippen LogP contribution in [0.2, 0.25) is 0 Å². The first-order chi connectivity index (χ1) is 10.9. The lowest BCUT2D eigenvalue weighted by molar-refractivity contribution is -0.137. The predicted molar refractivity (Wildman–Crippen MR) is 93.8 cm³/mol. The average molecular weight is 397 g/mol. The lowest BCUT2D eigenvalue weighted by Gasteiger charge is -2.18. The molecule has 1 heterocycles. The number of thioether (sulfide) groups is 1. The fourth-order valence-corrected chi connectivity index (χ4v) is 3.18. The van der Waals surface area contributed by atoms with Gasteiger partial charge < -0.3 is 15.0 Å². The molecule has 2 aromatic rings. The van der Waals surface area contributed by atoms with E-state index in [9.17, 15) is 9.59 Å². The second-order valence-electron chi connectivity index (χ2n) is 5.05. The Morgan fingerprint density at radius 1 is 1.35 bits per heavy atom. The van der Waals surface area contributed by atoms with Gasteiger partial charge in [-0.2, -0.15) is 0 Å². The van der Waals surface area contributed by atoms with Gasteiger partial charge in [0.05, 0.1) is 12.5 Å². The summed E-state index contributed by atoms with van der Waals surface area (Å²) in [5, 5.41) is 11.9. The molecule has 5 nitrogen and oxygen atoms in total. The SMILES string of the molecule is CSc1ccc(C(CC(=O)O)NC(=O)c2cc(Br)cn2C)cc1. The van der Waals surface area contributed by atoms with Gasteiger partial charge in [-0.15, -0.1) is 11.8 Å². The molecule has 122 valence electrons. The number of amides is 1. The second-order valence-corrected chi connectivity index (χ2v) is 6.85. The highest BCUT2D eigenvalue weighted by atomic mass is 79.9. The molecule has 1 aromatic carbocycles. The van der Waals surface area contributed by atoms with Crippen LogP contribution < -0.4 is 5.32 Å². The van der Waals surface area contributed by atoms with Crippen molar-refractivity contribution < 1.29 is 14.7 Å². The molecule has 0 radical (unpaired) electrons. The van der Waals surface area contributed by atoms with Gasteiger partial charge in [0.1, 0.15) is 5.69 Å². The highest BCUT2D eigenvalue weighted by molar-refractivity contribution is 9.10. The third-order valence-electron chi connectivity index (χ3n) is 3.41. The Labute approximate surface area is 147 Å². The van der Waals surface area contributed by atoms with Gasteiger partial charge in [-0.25, -0.2) is 0 Å². The first kappa shape index (κ1) is 17.6. The molecule has 23 heavy (non-hydrogen) atoms. The molecule has 0 spiro atoms. The van der Waals surface area contributed by atoms with Gasteiger partial charge in [-0.1, -0.05) is 12.1 Å². The third-order valence-corrected chi connectivity index (χ3v) is 4.58. The molecule has 1 atom stereocenters. The normalized spacial score (nSPS) is 12.0. The summed E-state index contributed by atoms with van der Waals surface area (Å²) in [4.78, 5) is 24.6. The zero-order chi connectivity index (χ0) is 17.0. The number of halogens is 1. The number of aryl methyl sites for hydroxylation is 1. The Morgan fingerprint density at radius 2 is 2.00 bits per heavy atom. The van der Waals surface area contributed by atoms with Gasteiger partial charge in [0.2, 0.25) is 0 Å². The molecule has 0 bridgehead atoms. The highest BCUT2D eigenvalue weighted by Crippen LogP contribution is 2.22. The number of carbonyl (C=O) groups is 2. The van der Waals surface area contributed by atoms with Crippen molar-refractivity contribution in [3.05, 3.63) is 52.3 Å². The number of nitrogens with one attached hydrogen (secondary N) is 1. The van der Waals surface area contributed by atoms with Crippen LogP contribution in [0.5, 0.6) is 0 Å². The van der Waals surface area contributed by atoms with Crippen molar-refractivity contribution in [2.45, 2.75) is 17.4 Å². The number of benzene rings is 1. The van der Waals surface area contributed by atoms with Crippen molar-refractivity contribution in [1.29, 1.82) is 0 Å². The predicted octanol–water partition coefficient (Wildman–Crippen LogP) is 3.46. The smallest absolute Gasteiger partial charge is 0.305 e. The number of hydrogen-bond donors (Lipinski definition) is 2. The molecule has 7 heteroatoms. The quantitative estimate of drug-likeness (QED) is 0.733. The van der Waals surface area contributed by atoms with Crippen LogP contribution in [-0.4, -0.2) is 27.8 Å². The van der Waals surface area contributed by atoms with Crippen molar-refractivity contribution in [2.75, 3.05) is 6.26 Å². The van der Waals surface area contributed by atoms with Crippen LogP contribution >= 0.6 is 27.7 Å². The lowest BCUT2D eigenvalue weighted by atomic mass is 10.0. The highest BCUT2D eigenvalue weighted by Gasteiger charge is 2.20. The van der Waals surface area contributed by atoms with E-state index in [2.05, 4.69) is 21.2 Å². The summed E-state index contributed by atoms with van der Waals surface area (Å²) in [6.07, 6.45) is 3.57. The molecule has 1 amide bonds. The van der Waals surface area contributed by atoms with E-state index >= 15 is 0 Å². The zero-order valence-electron chi connectivity index (χ0n) is 12.7. The second kappa shape index (κ2) is 7.70. The van der Waals surface area contributed by atoms with Crippen LogP contribution in [0.3, 0.4) is 0 Å². The largest absolute Gasteiger partial charge is 0.481 e. The van der Waals surface area contributed by atoms with Crippen molar-refractivity contribution in [1.82, 2.24) is 9.88 Å². The van der Waals surface area contributed by atoms with Crippen LogP contribution in [0, 0.1) is 0 Å². The summed E-state index contributed by atoms with van der Waals surface area (Å²) in [6.45, 7) is 0. The van der Waals surface area contributed by atoms with Crippen molar-refractivity contribution in [3.63, 3.8) is 0 Å². The first-order valence-corrected chi connectivity index (χ1v) is 8.91. The topological polar surface area (TPSA) is 71.3 Å². The third kappa shape index (κ3) is 4.62. The minimum Gasteiger partial charge on any atom is -0.481 e. The first-order valence-electron chi connectivity index (χ1n) is 6.89. The number of hydrogen-bond acceptors (Lipinski definition) is 3. The van der Waals surface area contributed by atoms with Gasteiger partial charge >= 0.3 is 5.97 Å². The molecule has 0 saturated heterocycles. The minimum absolute atomic E-state index is 0.171. The number of carbonyl (C=O) groups excluding carboxylic acids is 1. The molecule has 0 aliphatic carbocycles. The van der Waals surface area contributed by atoms with Gasteiger partial charge in [0.15, 0.2) is 0 Å². The van der Waals surface area contributed by atoms with Gasteiger partial charge in [-0.05, 0) is 45.9 Å². The summed E-state index contributed by atoms with van der Waals surface area (Å²) < 4.78 is 2.48. The number of aliphatic carboxylic acids is 1. The van der Waals surface area contributed by atoms with E-state index in [1.165, 1.54) is 0 Å². The fourth-order valence-electron chi connectivity index (χ4n) is 2.25. The Balaban J connectivity index is 2.22. The summed E-state index contributed by atoms with van der Waals surface area (Å²) >= 11 is 4.93. The minimum atomic E-state index is -0.961. The van der Waals surface area contributed by atoms with E-state index in [0.29, 0.717) is 5.69 Å². The molecular formula is C16H17BrN2O3S. The molecule has 1 unspecified atom stereocenters. The molecule has 1 aromatic heterocycles. The van der Waals surface area contributed by atoms with Crippen LogP contribution in [0.1, 0.15) is 28.5 Å². The van der Waals surface area contributed by atoms with Crippen LogP contribution in [-0.2, 0) is 11.8 Å².